The quantitative estimate of drug-likeness (QED) is 0.523. The van der Waals surface area contributed by atoms with Crippen molar-refractivity contribution in [2.24, 2.45) is 11.8 Å². The van der Waals surface area contributed by atoms with Gasteiger partial charge in [-0.05, 0) is 42.5 Å². The van der Waals surface area contributed by atoms with Crippen molar-refractivity contribution in [3.63, 3.8) is 0 Å². The zero-order valence-electron chi connectivity index (χ0n) is 19.8. The second kappa shape index (κ2) is 8.57. The molecule has 6 rings (SSSR count). The Bertz CT molecular complexity index is 1380. The minimum absolute atomic E-state index is 0.216. The molecule has 2 fully saturated rings. The standard InChI is InChI=1S/C29H26ClN3O3/c1-17-14-20-25(21(30)15-17)31-28(36)29(20)24-23(22(32-29)16-19-10-6-3-7-11-19)26(34)33(27(24)35)13-12-18-8-4-2-5-9-18/h2-11,14-15,22-24,32H,12-13,16H2,1H3,(H,31,36)/t22-,23-,24-,29-/m1/s1. The summed E-state index contributed by atoms with van der Waals surface area (Å²) in [7, 11) is 0. The Morgan fingerprint density at radius 3 is 2.28 bits per heavy atom. The van der Waals surface area contributed by atoms with Crippen LogP contribution >= 0.6 is 11.6 Å². The maximum atomic E-state index is 14.0. The molecule has 0 bridgehead atoms. The number of benzene rings is 3. The van der Waals surface area contributed by atoms with Crippen molar-refractivity contribution in [3.8, 4) is 0 Å². The van der Waals surface area contributed by atoms with E-state index in [4.69, 9.17) is 11.6 Å². The number of carbonyl (C=O) groups is 3. The topological polar surface area (TPSA) is 78.5 Å². The number of nitrogens with one attached hydrogen (secondary N) is 2. The fourth-order valence-corrected chi connectivity index (χ4v) is 6.52. The van der Waals surface area contributed by atoms with Gasteiger partial charge in [0.2, 0.25) is 17.7 Å². The van der Waals surface area contributed by atoms with Crippen LogP contribution in [-0.4, -0.2) is 35.2 Å². The first-order valence-corrected chi connectivity index (χ1v) is 12.6. The Morgan fingerprint density at radius 1 is 0.917 bits per heavy atom. The fourth-order valence-electron chi connectivity index (χ4n) is 6.20. The number of likely N-dealkylation sites (tertiary alicyclic amines) is 1. The van der Waals surface area contributed by atoms with Gasteiger partial charge in [0.1, 0.15) is 5.54 Å². The third-order valence-electron chi connectivity index (χ3n) is 7.78. The normalized spacial score (nSPS) is 26.4. The first-order chi connectivity index (χ1) is 17.4. The molecule has 3 aromatic carbocycles. The van der Waals surface area contributed by atoms with Crippen molar-refractivity contribution in [2.75, 3.05) is 11.9 Å². The molecule has 4 atom stereocenters. The highest BCUT2D eigenvalue weighted by Gasteiger charge is 2.70. The van der Waals surface area contributed by atoms with Crippen LogP contribution in [0.4, 0.5) is 5.69 Å². The SMILES string of the molecule is Cc1cc(Cl)c2c(c1)[C@]1(N[C@H](Cc3ccccc3)[C@H]3C(=O)N(CCc4ccccc4)C(=O)[C@@H]31)C(=O)N2. The van der Waals surface area contributed by atoms with E-state index in [9.17, 15) is 14.4 Å². The second-order valence-corrected chi connectivity index (χ2v) is 10.3. The Balaban J connectivity index is 1.42. The van der Waals surface area contributed by atoms with Gasteiger partial charge in [-0.3, -0.25) is 24.6 Å². The Morgan fingerprint density at radius 2 is 1.58 bits per heavy atom. The van der Waals surface area contributed by atoms with Gasteiger partial charge in [-0.25, -0.2) is 0 Å². The number of anilines is 1. The number of hydrogen-bond donors (Lipinski definition) is 2. The van der Waals surface area contributed by atoms with E-state index in [1.165, 1.54) is 4.90 Å². The number of nitrogens with zero attached hydrogens (tertiary/aromatic N) is 1. The van der Waals surface area contributed by atoms with Gasteiger partial charge in [0.15, 0.2) is 0 Å². The summed E-state index contributed by atoms with van der Waals surface area (Å²) in [6.45, 7) is 2.19. The summed E-state index contributed by atoms with van der Waals surface area (Å²) in [5, 5.41) is 6.84. The summed E-state index contributed by atoms with van der Waals surface area (Å²) in [6.07, 6.45) is 1.09. The van der Waals surface area contributed by atoms with Gasteiger partial charge >= 0.3 is 0 Å². The number of fused-ring (bicyclic) bond motifs is 4. The van der Waals surface area contributed by atoms with Crippen LogP contribution in [0.1, 0.15) is 22.3 Å². The molecule has 3 heterocycles. The number of hydrogen-bond acceptors (Lipinski definition) is 4. The van der Waals surface area contributed by atoms with Crippen molar-refractivity contribution in [3.05, 3.63) is 100 Å². The molecule has 3 amide bonds. The molecular weight excluding hydrogens is 474 g/mol. The lowest BCUT2D eigenvalue weighted by Gasteiger charge is -2.30. The number of halogens is 1. The third kappa shape index (κ3) is 3.39. The van der Waals surface area contributed by atoms with Crippen LogP contribution in [0.5, 0.6) is 0 Å². The lowest BCUT2D eigenvalue weighted by molar-refractivity contribution is -0.142. The van der Waals surface area contributed by atoms with Crippen LogP contribution in [0.15, 0.2) is 72.8 Å². The minimum atomic E-state index is -1.34. The van der Waals surface area contributed by atoms with Crippen LogP contribution < -0.4 is 10.6 Å². The number of aryl methyl sites for hydroxylation is 1. The van der Waals surface area contributed by atoms with Crippen molar-refractivity contribution in [1.82, 2.24) is 10.2 Å². The van der Waals surface area contributed by atoms with E-state index in [1.54, 1.807) is 6.07 Å². The molecule has 36 heavy (non-hydrogen) atoms. The minimum Gasteiger partial charge on any atom is -0.323 e. The van der Waals surface area contributed by atoms with Gasteiger partial charge in [0, 0.05) is 18.2 Å². The largest absolute Gasteiger partial charge is 0.323 e. The average molecular weight is 500 g/mol. The van der Waals surface area contributed by atoms with E-state index in [0.29, 0.717) is 29.1 Å². The first kappa shape index (κ1) is 23.0. The van der Waals surface area contributed by atoms with E-state index in [2.05, 4.69) is 10.6 Å². The highest BCUT2D eigenvalue weighted by molar-refractivity contribution is 6.35. The molecule has 2 N–H and O–H groups in total. The highest BCUT2D eigenvalue weighted by atomic mass is 35.5. The van der Waals surface area contributed by atoms with E-state index < -0.39 is 17.4 Å². The zero-order chi connectivity index (χ0) is 25.0. The molecule has 1 spiro atoms. The Hall–Kier alpha value is -3.48. The average Bonchev–Trinajstić information content (AvgIpc) is 3.44. The first-order valence-electron chi connectivity index (χ1n) is 12.2. The molecule has 3 aliphatic rings. The molecule has 7 heteroatoms. The van der Waals surface area contributed by atoms with Crippen molar-refractivity contribution in [2.45, 2.75) is 31.3 Å². The number of imide groups is 1. The molecule has 3 aromatic rings. The van der Waals surface area contributed by atoms with Crippen LogP contribution in [-0.2, 0) is 32.8 Å². The predicted octanol–water partition coefficient (Wildman–Crippen LogP) is 3.85. The van der Waals surface area contributed by atoms with Crippen molar-refractivity contribution >= 4 is 35.0 Å². The monoisotopic (exact) mass is 499 g/mol. The number of carbonyl (C=O) groups excluding carboxylic acids is 3. The maximum Gasteiger partial charge on any atom is 0.250 e. The van der Waals surface area contributed by atoms with Gasteiger partial charge in [0.05, 0.1) is 22.5 Å². The zero-order valence-corrected chi connectivity index (χ0v) is 20.6. The second-order valence-electron chi connectivity index (χ2n) is 9.94. The number of rotatable bonds is 5. The summed E-state index contributed by atoms with van der Waals surface area (Å²) >= 11 is 6.52. The molecule has 6 nitrogen and oxygen atoms in total. The van der Waals surface area contributed by atoms with Gasteiger partial charge in [-0.2, -0.15) is 0 Å². The molecule has 0 aliphatic carbocycles. The van der Waals surface area contributed by atoms with Gasteiger partial charge in [-0.15, -0.1) is 0 Å². The maximum absolute atomic E-state index is 14.0. The lowest BCUT2D eigenvalue weighted by Crippen LogP contribution is -2.53. The van der Waals surface area contributed by atoms with Crippen molar-refractivity contribution in [1.29, 1.82) is 0 Å². The molecule has 0 aromatic heterocycles. The third-order valence-corrected chi connectivity index (χ3v) is 8.07. The lowest BCUT2D eigenvalue weighted by atomic mass is 9.76. The molecule has 182 valence electrons. The molecule has 0 saturated carbocycles. The van der Waals surface area contributed by atoms with Gasteiger partial charge in [-0.1, -0.05) is 78.3 Å². The molecule has 3 aliphatic heterocycles. The fraction of sp³-hybridized carbons (Fsp3) is 0.276. The summed E-state index contributed by atoms with van der Waals surface area (Å²) in [5.41, 5.74) is 2.79. The van der Waals surface area contributed by atoms with E-state index in [1.807, 2.05) is 73.7 Å². The molecule has 0 unspecified atom stereocenters. The Kier molecular flexibility index (Phi) is 5.47. The van der Waals surface area contributed by atoms with E-state index in [0.717, 1.165) is 16.7 Å². The van der Waals surface area contributed by atoms with Crippen LogP contribution in [0.3, 0.4) is 0 Å². The summed E-state index contributed by atoms with van der Waals surface area (Å²) in [5.74, 6) is -2.34. The molecule has 2 saturated heterocycles. The van der Waals surface area contributed by atoms with Crippen LogP contribution in [0.2, 0.25) is 5.02 Å². The van der Waals surface area contributed by atoms with E-state index >= 15 is 0 Å². The highest BCUT2D eigenvalue weighted by Crippen LogP contribution is 2.54. The smallest absolute Gasteiger partial charge is 0.250 e. The Labute approximate surface area is 214 Å². The predicted molar refractivity (Wildman–Crippen MR) is 137 cm³/mol. The molecule has 0 radical (unpaired) electrons. The van der Waals surface area contributed by atoms with Crippen molar-refractivity contribution < 1.29 is 14.4 Å². The van der Waals surface area contributed by atoms with Crippen LogP contribution in [0.25, 0.3) is 0 Å². The molecular formula is C29H26ClN3O3. The van der Waals surface area contributed by atoms with Gasteiger partial charge < -0.3 is 5.32 Å². The summed E-state index contributed by atoms with van der Waals surface area (Å²) in [6, 6.07) is 22.9. The van der Waals surface area contributed by atoms with Gasteiger partial charge in [0.25, 0.3) is 0 Å². The summed E-state index contributed by atoms with van der Waals surface area (Å²) < 4.78 is 0. The summed E-state index contributed by atoms with van der Waals surface area (Å²) in [4.78, 5) is 42.8. The van der Waals surface area contributed by atoms with E-state index in [-0.39, 0.29) is 30.3 Å². The van der Waals surface area contributed by atoms with Crippen LogP contribution in [0, 0.1) is 18.8 Å². The number of amides is 3.